The number of rotatable bonds is 4. The van der Waals surface area contributed by atoms with Crippen LogP contribution >= 0.6 is 15.9 Å². The van der Waals surface area contributed by atoms with Crippen LogP contribution in [-0.4, -0.2) is 24.8 Å². The average molecular weight is 329 g/mol. The molecule has 1 rings (SSSR count). The molecule has 3 N–H and O–H groups in total. The predicted molar refractivity (Wildman–Crippen MR) is 61.8 cm³/mol. The van der Waals surface area contributed by atoms with E-state index in [0.29, 0.717) is 10.2 Å². The summed E-state index contributed by atoms with van der Waals surface area (Å²) < 4.78 is 49.3. The zero-order valence-corrected chi connectivity index (χ0v) is 10.5. The van der Waals surface area contributed by atoms with Crippen molar-refractivity contribution in [3.05, 3.63) is 28.2 Å². The number of hydrogen-bond acceptors (Lipinski definition) is 2. The molecule has 0 aliphatic rings. The highest BCUT2D eigenvalue weighted by atomic mass is 79.9. The Balaban J connectivity index is 2.69. The molecular weight excluding hydrogens is 320 g/mol. The minimum absolute atomic E-state index is 0.0427. The molecule has 0 atom stereocenters. The molecule has 8 heteroatoms. The molecule has 0 spiro atoms. The van der Waals surface area contributed by atoms with Crippen LogP contribution in [-0.2, 0) is 0 Å². The van der Waals surface area contributed by atoms with Crippen LogP contribution in [0.15, 0.2) is 22.7 Å². The molecular formula is C10H9BrF4N2O. The first-order valence-corrected chi connectivity index (χ1v) is 5.52. The third-order valence-electron chi connectivity index (χ3n) is 2.07. The monoisotopic (exact) mass is 328 g/mol. The Hall–Kier alpha value is -1.31. The van der Waals surface area contributed by atoms with Crippen molar-refractivity contribution in [3.8, 4) is 0 Å². The summed E-state index contributed by atoms with van der Waals surface area (Å²) in [5.74, 6) is -5.13. The zero-order valence-electron chi connectivity index (χ0n) is 8.89. The summed E-state index contributed by atoms with van der Waals surface area (Å²) in [5, 5.41) is 1.74. The molecule has 0 heterocycles. The Kier molecular flexibility index (Phi) is 4.55. The van der Waals surface area contributed by atoms with Crippen molar-refractivity contribution in [1.29, 1.82) is 0 Å². The van der Waals surface area contributed by atoms with Gasteiger partial charge in [0.1, 0.15) is 0 Å². The minimum Gasteiger partial charge on any atom is -0.398 e. The van der Waals surface area contributed by atoms with Crippen molar-refractivity contribution in [2.45, 2.75) is 12.3 Å². The van der Waals surface area contributed by atoms with E-state index < -0.39 is 24.8 Å². The molecule has 0 bridgehead atoms. The lowest BCUT2D eigenvalue weighted by molar-refractivity contribution is -0.123. The van der Waals surface area contributed by atoms with Crippen LogP contribution in [0.1, 0.15) is 10.4 Å². The van der Waals surface area contributed by atoms with E-state index in [2.05, 4.69) is 15.9 Å². The lowest BCUT2D eigenvalue weighted by atomic mass is 10.2. The van der Waals surface area contributed by atoms with Gasteiger partial charge in [-0.3, -0.25) is 4.79 Å². The van der Waals surface area contributed by atoms with Crippen molar-refractivity contribution in [1.82, 2.24) is 5.32 Å². The van der Waals surface area contributed by atoms with Gasteiger partial charge in [0, 0.05) is 15.7 Å². The van der Waals surface area contributed by atoms with Gasteiger partial charge in [0.05, 0.1) is 6.54 Å². The van der Waals surface area contributed by atoms with E-state index in [4.69, 9.17) is 5.73 Å². The number of anilines is 1. The quantitative estimate of drug-likeness (QED) is 0.659. The Morgan fingerprint density at radius 2 is 2.06 bits per heavy atom. The Labute approximate surface area is 108 Å². The summed E-state index contributed by atoms with van der Waals surface area (Å²) in [5.41, 5.74) is 5.88. The van der Waals surface area contributed by atoms with Gasteiger partial charge in [-0.25, -0.2) is 8.78 Å². The molecule has 18 heavy (non-hydrogen) atoms. The lowest BCUT2D eigenvalue weighted by Crippen LogP contribution is -2.41. The van der Waals surface area contributed by atoms with Crippen LogP contribution in [0.2, 0.25) is 0 Å². The smallest absolute Gasteiger partial charge is 0.324 e. The number of nitrogen functional groups attached to an aromatic ring is 1. The van der Waals surface area contributed by atoms with Gasteiger partial charge in [-0.15, -0.1) is 0 Å². The zero-order chi connectivity index (χ0) is 13.9. The highest BCUT2D eigenvalue weighted by Gasteiger charge is 2.40. The summed E-state index contributed by atoms with van der Waals surface area (Å²) >= 11 is 3.06. The van der Waals surface area contributed by atoms with Crippen molar-refractivity contribution in [3.63, 3.8) is 0 Å². The van der Waals surface area contributed by atoms with Gasteiger partial charge in [0.2, 0.25) is 0 Å². The molecule has 3 nitrogen and oxygen atoms in total. The van der Waals surface area contributed by atoms with Crippen molar-refractivity contribution < 1.29 is 22.4 Å². The number of alkyl halides is 4. The maximum atomic E-state index is 12.6. The van der Waals surface area contributed by atoms with Gasteiger partial charge in [-0.05, 0) is 34.1 Å². The van der Waals surface area contributed by atoms with E-state index in [0.717, 1.165) is 0 Å². The summed E-state index contributed by atoms with van der Waals surface area (Å²) in [4.78, 5) is 11.4. The van der Waals surface area contributed by atoms with Gasteiger partial charge in [-0.1, -0.05) is 0 Å². The maximum absolute atomic E-state index is 12.6. The lowest BCUT2D eigenvalue weighted by Gasteiger charge is -2.15. The molecule has 0 aliphatic heterocycles. The molecule has 0 aromatic heterocycles. The Morgan fingerprint density at radius 3 is 2.56 bits per heavy atom. The van der Waals surface area contributed by atoms with Gasteiger partial charge in [-0.2, -0.15) is 8.78 Å². The average Bonchev–Trinajstić information content (AvgIpc) is 2.29. The second-order valence-electron chi connectivity index (χ2n) is 3.48. The molecule has 0 fully saturated rings. The van der Waals surface area contributed by atoms with Gasteiger partial charge in [0.25, 0.3) is 5.91 Å². The fourth-order valence-electron chi connectivity index (χ4n) is 1.05. The number of carbonyl (C=O) groups is 1. The second kappa shape index (κ2) is 5.55. The molecule has 0 aliphatic carbocycles. The fourth-order valence-corrected chi connectivity index (χ4v) is 1.42. The predicted octanol–water partition coefficient (Wildman–Crippen LogP) is 2.66. The van der Waals surface area contributed by atoms with Crippen molar-refractivity contribution in [2.75, 3.05) is 12.3 Å². The summed E-state index contributed by atoms with van der Waals surface area (Å²) in [7, 11) is 0. The van der Waals surface area contributed by atoms with Crippen molar-refractivity contribution in [2.24, 2.45) is 0 Å². The minimum atomic E-state index is -4.25. The van der Waals surface area contributed by atoms with Gasteiger partial charge >= 0.3 is 12.3 Å². The number of carbonyl (C=O) groups excluding carboxylic acids is 1. The highest BCUT2D eigenvalue weighted by Crippen LogP contribution is 2.22. The van der Waals surface area contributed by atoms with Crippen LogP contribution < -0.4 is 11.1 Å². The van der Waals surface area contributed by atoms with E-state index in [-0.39, 0.29) is 5.56 Å². The third kappa shape index (κ3) is 3.59. The Bertz CT molecular complexity index is 454. The van der Waals surface area contributed by atoms with Crippen molar-refractivity contribution >= 4 is 27.5 Å². The topological polar surface area (TPSA) is 55.1 Å². The first kappa shape index (κ1) is 14.7. The summed E-state index contributed by atoms with van der Waals surface area (Å²) in [6.07, 6.45) is -3.82. The van der Waals surface area contributed by atoms with Crippen LogP contribution in [0.3, 0.4) is 0 Å². The van der Waals surface area contributed by atoms with Crippen LogP contribution in [0.25, 0.3) is 0 Å². The summed E-state index contributed by atoms with van der Waals surface area (Å²) in [6, 6.07) is 4.01. The molecule has 0 saturated heterocycles. The molecule has 1 aromatic rings. The number of nitrogens with one attached hydrogen (secondary N) is 1. The maximum Gasteiger partial charge on any atom is 0.324 e. The van der Waals surface area contributed by atoms with Crippen LogP contribution in [0.5, 0.6) is 0 Å². The third-order valence-corrected chi connectivity index (χ3v) is 2.75. The first-order chi connectivity index (χ1) is 8.24. The normalized spacial score (nSPS) is 11.7. The van der Waals surface area contributed by atoms with E-state index in [1.54, 1.807) is 5.32 Å². The Morgan fingerprint density at radius 1 is 1.44 bits per heavy atom. The van der Waals surface area contributed by atoms with E-state index >= 15 is 0 Å². The number of amides is 1. The molecule has 100 valence electrons. The van der Waals surface area contributed by atoms with E-state index in [1.165, 1.54) is 18.2 Å². The standard InChI is InChI=1S/C10H9BrF4N2O/c11-6-3-5(1-2-7(6)16)8(18)17-4-10(14,15)9(12)13/h1-3,9H,4,16H2,(H,17,18). The van der Waals surface area contributed by atoms with Gasteiger partial charge in [0.15, 0.2) is 0 Å². The largest absolute Gasteiger partial charge is 0.398 e. The SMILES string of the molecule is Nc1ccc(C(=O)NCC(F)(F)C(F)F)cc1Br. The van der Waals surface area contributed by atoms with E-state index in [9.17, 15) is 22.4 Å². The number of hydrogen-bond donors (Lipinski definition) is 2. The van der Waals surface area contributed by atoms with Gasteiger partial charge < -0.3 is 11.1 Å². The number of benzene rings is 1. The number of halogens is 5. The second-order valence-corrected chi connectivity index (χ2v) is 4.34. The molecule has 0 radical (unpaired) electrons. The first-order valence-electron chi connectivity index (χ1n) is 4.73. The van der Waals surface area contributed by atoms with E-state index in [1.807, 2.05) is 0 Å². The van der Waals surface area contributed by atoms with Crippen LogP contribution in [0.4, 0.5) is 23.2 Å². The highest BCUT2D eigenvalue weighted by molar-refractivity contribution is 9.10. The fraction of sp³-hybridized carbons (Fsp3) is 0.300. The molecule has 1 amide bonds. The molecule has 0 unspecified atom stereocenters. The molecule has 0 saturated carbocycles. The van der Waals surface area contributed by atoms with Crippen LogP contribution in [0, 0.1) is 0 Å². The molecule has 1 aromatic carbocycles. The number of nitrogens with two attached hydrogens (primary N) is 1. The summed E-state index contributed by atoms with van der Waals surface area (Å²) in [6.45, 7) is -1.43.